The second-order valence-electron chi connectivity index (χ2n) is 5.48. The summed E-state index contributed by atoms with van der Waals surface area (Å²) in [4.78, 5) is 12.3. The highest BCUT2D eigenvalue weighted by Gasteiger charge is 2.18. The molecule has 0 fully saturated rings. The molecule has 0 spiro atoms. The SMILES string of the molecule is Cc1c(C(=O)NCc2nncn2C(C)C)oc2ccccc12. The zero-order valence-corrected chi connectivity index (χ0v) is 12.8. The zero-order chi connectivity index (χ0) is 15.7. The predicted octanol–water partition coefficient (Wildman–Crippen LogP) is 2.84. The molecule has 0 aliphatic heterocycles. The lowest BCUT2D eigenvalue weighted by atomic mass is 10.1. The number of nitrogens with zero attached hydrogens (tertiary/aromatic N) is 3. The molecule has 0 saturated carbocycles. The molecule has 6 nitrogen and oxygen atoms in total. The summed E-state index contributed by atoms with van der Waals surface area (Å²) in [5.41, 5.74) is 1.56. The van der Waals surface area contributed by atoms with Crippen LogP contribution in [-0.4, -0.2) is 20.7 Å². The van der Waals surface area contributed by atoms with E-state index in [1.54, 1.807) is 6.33 Å². The molecular weight excluding hydrogens is 280 g/mol. The smallest absolute Gasteiger partial charge is 0.287 e. The van der Waals surface area contributed by atoms with Crippen molar-refractivity contribution in [1.29, 1.82) is 0 Å². The van der Waals surface area contributed by atoms with E-state index in [0.717, 1.165) is 22.4 Å². The number of carbonyl (C=O) groups excluding carboxylic acids is 1. The third kappa shape index (κ3) is 2.47. The lowest BCUT2D eigenvalue weighted by Crippen LogP contribution is -2.25. The minimum atomic E-state index is -0.244. The van der Waals surface area contributed by atoms with E-state index < -0.39 is 0 Å². The van der Waals surface area contributed by atoms with Gasteiger partial charge in [0.05, 0.1) is 6.54 Å². The summed E-state index contributed by atoms with van der Waals surface area (Å²) in [7, 11) is 0. The normalized spacial score (nSPS) is 11.3. The Kier molecular flexibility index (Phi) is 3.66. The van der Waals surface area contributed by atoms with Crippen molar-refractivity contribution in [3.05, 3.63) is 47.7 Å². The second kappa shape index (κ2) is 5.63. The Labute approximate surface area is 128 Å². The molecule has 1 N–H and O–H groups in total. The van der Waals surface area contributed by atoms with Gasteiger partial charge in [0.1, 0.15) is 11.9 Å². The van der Waals surface area contributed by atoms with E-state index in [-0.39, 0.29) is 11.9 Å². The lowest BCUT2D eigenvalue weighted by Gasteiger charge is -2.10. The van der Waals surface area contributed by atoms with Crippen LogP contribution in [0.5, 0.6) is 0 Å². The molecule has 0 unspecified atom stereocenters. The Bertz CT molecular complexity index is 817. The van der Waals surface area contributed by atoms with Crippen molar-refractivity contribution >= 4 is 16.9 Å². The molecule has 22 heavy (non-hydrogen) atoms. The van der Waals surface area contributed by atoms with Crippen LogP contribution in [0.25, 0.3) is 11.0 Å². The van der Waals surface area contributed by atoms with Crippen molar-refractivity contribution in [2.24, 2.45) is 0 Å². The van der Waals surface area contributed by atoms with E-state index in [9.17, 15) is 4.79 Å². The predicted molar refractivity (Wildman–Crippen MR) is 82.5 cm³/mol. The summed E-state index contributed by atoms with van der Waals surface area (Å²) >= 11 is 0. The highest BCUT2D eigenvalue weighted by atomic mass is 16.3. The number of hydrogen-bond acceptors (Lipinski definition) is 4. The number of nitrogens with one attached hydrogen (secondary N) is 1. The number of carbonyl (C=O) groups is 1. The molecule has 6 heteroatoms. The number of aryl methyl sites for hydroxylation is 1. The third-order valence-electron chi connectivity index (χ3n) is 3.66. The molecule has 3 rings (SSSR count). The summed E-state index contributed by atoms with van der Waals surface area (Å²) in [6.07, 6.45) is 1.67. The number of aromatic nitrogens is 3. The summed E-state index contributed by atoms with van der Waals surface area (Å²) in [6.45, 7) is 6.28. The number of para-hydroxylation sites is 1. The van der Waals surface area contributed by atoms with Crippen molar-refractivity contribution in [3.63, 3.8) is 0 Å². The topological polar surface area (TPSA) is 73.0 Å². The van der Waals surface area contributed by atoms with Crippen molar-refractivity contribution in [2.45, 2.75) is 33.4 Å². The molecule has 0 saturated heterocycles. The summed E-state index contributed by atoms with van der Waals surface area (Å²) in [6, 6.07) is 7.86. The van der Waals surface area contributed by atoms with Crippen molar-refractivity contribution < 1.29 is 9.21 Å². The summed E-state index contributed by atoms with van der Waals surface area (Å²) in [5, 5.41) is 11.7. The van der Waals surface area contributed by atoms with E-state index in [2.05, 4.69) is 15.5 Å². The molecule has 2 heterocycles. The number of benzene rings is 1. The first kappa shape index (κ1) is 14.3. The molecule has 0 bridgehead atoms. The fourth-order valence-electron chi connectivity index (χ4n) is 2.45. The summed E-state index contributed by atoms with van der Waals surface area (Å²) in [5.74, 6) is 0.820. The van der Waals surface area contributed by atoms with Crippen molar-refractivity contribution in [1.82, 2.24) is 20.1 Å². The maximum absolute atomic E-state index is 12.3. The van der Waals surface area contributed by atoms with E-state index >= 15 is 0 Å². The van der Waals surface area contributed by atoms with Gasteiger partial charge in [-0.05, 0) is 26.8 Å². The number of amides is 1. The Morgan fingerprint density at radius 2 is 2.14 bits per heavy atom. The quantitative estimate of drug-likeness (QED) is 0.804. The van der Waals surface area contributed by atoms with Gasteiger partial charge in [0.25, 0.3) is 5.91 Å². The van der Waals surface area contributed by atoms with Gasteiger partial charge >= 0.3 is 0 Å². The summed E-state index contributed by atoms with van der Waals surface area (Å²) < 4.78 is 7.58. The largest absolute Gasteiger partial charge is 0.451 e. The number of hydrogen-bond donors (Lipinski definition) is 1. The molecule has 114 valence electrons. The third-order valence-corrected chi connectivity index (χ3v) is 3.66. The van der Waals surface area contributed by atoms with Crippen LogP contribution >= 0.6 is 0 Å². The Morgan fingerprint density at radius 1 is 1.36 bits per heavy atom. The van der Waals surface area contributed by atoms with E-state index in [0.29, 0.717) is 12.3 Å². The Hall–Kier alpha value is -2.63. The van der Waals surface area contributed by atoms with Gasteiger partial charge < -0.3 is 14.3 Å². The van der Waals surface area contributed by atoms with Gasteiger partial charge in [0, 0.05) is 17.0 Å². The molecule has 0 radical (unpaired) electrons. The van der Waals surface area contributed by atoms with E-state index in [4.69, 9.17) is 4.42 Å². The number of fused-ring (bicyclic) bond motifs is 1. The fourth-order valence-corrected chi connectivity index (χ4v) is 2.45. The van der Waals surface area contributed by atoms with Crippen LogP contribution in [0.1, 0.15) is 41.8 Å². The van der Waals surface area contributed by atoms with Gasteiger partial charge in [-0.3, -0.25) is 4.79 Å². The van der Waals surface area contributed by atoms with Crippen molar-refractivity contribution in [2.75, 3.05) is 0 Å². The van der Waals surface area contributed by atoms with Crippen LogP contribution in [0.2, 0.25) is 0 Å². The van der Waals surface area contributed by atoms with E-state index in [1.165, 1.54) is 0 Å². The van der Waals surface area contributed by atoms with Crippen LogP contribution in [-0.2, 0) is 6.54 Å². The minimum absolute atomic E-state index is 0.244. The molecule has 1 amide bonds. The van der Waals surface area contributed by atoms with Crippen LogP contribution in [0.4, 0.5) is 0 Å². The van der Waals surface area contributed by atoms with Gasteiger partial charge in [-0.1, -0.05) is 18.2 Å². The molecule has 3 aromatic rings. The number of rotatable bonds is 4. The Morgan fingerprint density at radius 3 is 2.86 bits per heavy atom. The van der Waals surface area contributed by atoms with Gasteiger partial charge in [0.2, 0.25) is 0 Å². The van der Waals surface area contributed by atoms with Crippen LogP contribution in [0.15, 0.2) is 35.0 Å². The highest BCUT2D eigenvalue weighted by Crippen LogP contribution is 2.24. The first-order valence-electron chi connectivity index (χ1n) is 7.22. The van der Waals surface area contributed by atoms with E-state index in [1.807, 2.05) is 49.6 Å². The monoisotopic (exact) mass is 298 g/mol. The van der Waals surface area contributed by atoms with Crippen LogP contribution in [0, 0.1) is 6.92 Å². The molecule has 1 aromatic carbocycles. The molecule has 0 atom stereocenters. The fraction of sp³-hybridized carbons (Fsp3) is 0.312. The van der Waals surface area contributed by atoms with Crippen LogP contribution < -0.4 is 5.32 Å². The average molecular weight is 298 g/mol. The average Bonchev–Trinajstić information content (AvgIpc) is 3.10. The minimum Gasteiger partial charge on any atom is -0.451 e. The van der Waals surface area contributed by atoms with Crippen molar-refractivity contribution in [3.8, 4) is 0 Å². The molecule has 0 aliphatic carbocycles. The van der Waals surface area contributed by atoms with Gasteiger partial charge in [0.15, 0.2) is 11.6 Å². The first-order valence-corrected chi connectivity index (χ1v) is 7.22. The standard InChI is InChI=1S/C16H18N4O2/c1-10(2)20-9-18-19-14(20)8-17-16(21)15-11(3)12-6-4-5-7-13(12)22-15/h4-7,9-10H,8H2,1-3H3,(H,17,21). The molecular formula is C16H18N4O2. The highest BCUT2D eigenvalue weighted by molar-refractivity contribution is 5.98. The second-order valence-corrected chi connectivity index (χ2v) is 5.48. The van der Waals surface area contributed by atoms with Crippen LogP contribution in [0.3, 0.4) is 0 Å². The number of furan rings is 1. The zero-order valence-electron chi connectivity index (χ0n) is 12.8. The maximum atomic E-state index is 12.3. The maximum Gasteiger partial charge on any atom is 0.287 e. The molecule has 0 aliphatic rings. The molecule has 2 aromatic heterocycles. The Balaban J connectivity index is 1.79. The lowest BCUT2D eigenvalue weighted by molar-refractivity contribution is 0.0923. The first-order chi connectivity index (χ1) is 10.6. The van der Waals surface area contributed by atoms with Gasteiger partial charge in [-0.2, -0.15) is 0 Å². The van der Waals surface area contributed by atoms with Gasteiger partial charge in [-0.15, -0.1) is 10.2 Å². The van der Waals surface area contributed by atoms with Gasteiger partial charge in [-0.25, -0.2) is 0 Å².